The Hall–Kier alpha value is -0.610. The standard InChI is InChI=1S/C15H29NO3/c1-2-3-4-5-6-7-8-15(17)19-14-11-16-9-12-18-13-10-16/h2-14H2,1H3. The number of ether oxygens (including phenoxy) is 2. The molecule has 0 bridgehead atoms. The predicted molar refractivity (Wildman–Crippen MR) is 76.2 cm³/mol. The number of carbonyl (C=O) groups excluding carboxylic acids is 1. The lowest BCUT2D eigenvalue weighted by Crippen LogP contribution is -2.38. The minimum atomic E-state index is -0.0382. The molecule has 0 spiro atoms. The molecule has 1 saturated heterocycles. The third kappa shape index (κ3) is 9.00. The fourth-order valence-electron chi connectivity index (χ4n) is 2.24. The number of carbonyl (C=O) groups is 1. The van der Waals surface area contributed by atoms with Crippen molar-refractivity contribution in [3.05, 3.63) is 0 Å². The highest BCUT2D eigenvalue weighted by Gasteiger charge is 2.10. The zero-order valence-corrected chi connectivity index (χ0v) is 12.4. The predicted octanol–water partition coefficient (Wildman–Crippen LogP) is 2.61. The Morgan fingerprint density at radius 1 is 1.11 bits per heavy atom. The van der Waals surface area contributed by atoms with Crippen LogP contribution in [0, 0.1) is 0 Å². The van der Waals surface area contributed by atoms with E-state index in [9.17, 15) is 4.79 Å². The summed E-state index contributed by atoms with van der Waals surface area (Å²) < 4.78 is 10.5. The van der Waals surface area contributed by atoms with Gasteiger partial charge in [-0.15, -0.1) is 0 Å². The number of rotatable bonds is 10. The molecule has 1 aliphatic rings. The van der Waals surface area contributed by atoms with Crippen molar-refractivity contribution in [2.75, 3.05) is 39.5 Å². The van der Waals surface area contributed by atoms with Crippen LogP contribution in [0.15, 0.2) is 0 Å². The van der Waals surface area contributed by atoms with Crippen LogP contribution in [0.3, 0.4) is 0 Å². The molecule has 0 aromatic heterocycles. The second-order valence-electron chi connectivity index (χ2n) is 5.19. The normalized spacial score (nSPS) is 16.5. The Morgan fingerprint density at radius 2 is 1.79 bits per heavy atom. The molecule has 1 fully saturated rings. The summed E-state index contributed by atoms with van der Waals surface area (Å²) in [5, 5.41) is 0. The van der Waals surface area contributed by atoms with Gasteiger partial charge in [-0.1, -0.05) is 39.0 Å². The van der Waals surface area contributed by atoms with E-state index < -0.39 is 0 Å². The van der Waals surface area contributed by atoms with Gasteiger partial charge in [0, 0.05) is 26.1 Å². The monoisotopic (exact) mass is 271 g/mol. The first-order valence-corrected chi connectivity index (χ1v) is 7.78. The molecule has 1 heterocycles. The third-order valence-electron chi connectivity index (χ3n) is 3.51. The van der Waals surface area contributed by atoms with Crippen molar-refractivity contribution in [1.29, 1.82) is 0 Å². The molecule has 1 rings (SSSR count). The molecule has 0 atom stereocenters. The molecule has 0 unspecified atom stereocenters. The van der Waals surface area contributed by atoms with Gasteiger partial charge in [0.2, 0.25) is 0 Å². The molecule has 4 nitrogen and oxygen atoms in total. The molecule has 0 saturated carbocycles. The van der Waals surface area contributed by atoms with Crippen molar-refractivity contribution in [3.63, 3.8) is 0 Å². The van der Waals surface area contributed by atoms with Gasteiger partial charge < -0.3 is 9.47 Å². The summed E-state index contributed by atoms with van der Waals surface area (Å²) in [5.41, 5.74) is 0. The van der Waals surface area contributed by atoms with Crippen LogP contribution in [0.25, 0.3) is 0 Å². The first kappa shape index (κ1) is 16.4. The summed E-state index contributed by atoms with van der Waals surface area (Å²) in [6.07, 6.45) is 7.82. The van der Waals surface area contributed by atoms with E-state index in [0.717, 1.165) is 45.7 Å². The van der Waals surface area contributed by atoms with E-state index in [1.54, 1.807) is 0 Å². The first-order valence-electron chi connectivity index (χ1n) is 7.78. The van der Waals surface area contributed by atoms with Gasteiger partial charge in [-0.2, -0.15) is 0 Å². The fraction of sp³-hybridized carbons (Fsp3) is 0.933. The van der Waals surface area contributed by atoms with Crippen LogP contribution in [0.4, 0.5) is 0 Å². The van der Waals surface area contributed by atoms with E-state index in [2.05, 4.69) is 11.8 Å². The highest BCUT2D eigenvalue weighted by atomic mass is 16.5. The summed E-state index contributed by atoms with van der Waals surface area (Å²) in [5.74, 6) is -0.0382. The van der Waals surface area contributed by atoms with Crippen molar-refractivity contribution in [1.82, 2.24) is 4.90 Å². The van der Waals surface area contributed by atoms with Gasteiger partial charge >= 0.3 is 5.97 Å². The molecular formula is C15H29NO3. The zero-order valence-electron chi connectivity index (χ0n) is 12.4. The van der Waals surface area contributed by atoms with Crippen molar-refractivity contribution in [3.8, 4) is 0 Å². The Morgan fingerprint density at radius 3 is 2.53 bits per heavy atom. The average molecular weight is 271 g/mol. The average Bonchev–Trinajstić information content (AvgIpc) is 2.44. The number of nitrogens with zero attached hydrogens (tertiary/aromatic N) is 1. The molecule has 0 N–H and O–H groups in total. The van der Waals surface area contributed by atoms with E-state index in [0.29, 0.717) is 13.0 Å². The van der Waals surface area contributed by atoms with Crippen LogP contribution in [-0.4, -0.2) is 50.3 Å². The second kappa shape index (κ2) is 11.2. The summed E-state index contributed by atoms with van der Waals surface area (Å²) in [7, 11) is 0. The molecule has 112 valence electrons. The van der Waals surface area contributed by atoms with Crippen molar-refractivity contribution >= 4 is 5.97 Å². The van der Waals surface area contributed by atoms with Crippen molar-refractivity contribution in [2.24, 2.45) is 0 Å². The van der Waals surface area contributed by atoms with E-state index >= 15 is 0 Å². The maximum Gasteiger partial charge on any atom is 0.305 e. The SMILES string of the molecule is CCCCCCCCC(=O)OCCN1CCOCC1. The van der Waals surface area contributed by atoms with E-state index in [1.165, 1.54) is 25.7 Å². The minimum Gasteiger partial charge on any atom is -0.464 e. The van der Waals surface area contributed by atoms with Gasteiger partial charge in [-0.05, 0) is 6.42 Å². The molecule has 0 aromatic rings. The van der Waals surface area contributed by atoms with Crippen LogP contribution in [0.1, 0.15) is 51.9 Å². The smallest absolute Gasteiger partial charge is 0.305 e. The Labute approximate surface area is 117 Å². The van der Waals surface area contributed by atoms with E-state index in [-0.39, 0.29) is 5.97 Å². The Balaban J connectivity index is 1.87. The zero-order chi connectivity index (χ0) is 13.8. The largest absolute Gasteiger partial charge is 0.464 e. The van der Waals surface area contributed by atoms with Gasteiger partial charge in [0.1, 0.15) is 6.61 Å². The summed E-state index contributed by atoms with van der Waals surface area (Å²) in [6.45, 7) is 7.08. The topological polar surface area (TPSA) is 38.8 Å². The molecule has 0 radical (unpaired) electrons. The summed E-state index contributed by atoms with van der Waals surface area (Å²) in [4.78, 5) is 13.8. The van der Waals surface area contributed by atoms with E-state index in [4.69, 9.17) is 9.47 Å². The molecule has 0 amide bonds. The maximum atomic E-state index is 11.5. The van der Waals surface area contributed by atoms with Gasteiger partial charge in [0.25, 0.3) is 0 Å². The number of morpholine rings is 1. The van der Waals surface area contributed by atoms with Crippen molar-refractivity contribution in [2.45, 2.75) is 51.9 Å². The molecule has 19 heavy (non-hydrogen) atoms. The van der Waals surface area contributed by atoms with Gasteiger partial charge in [0.05, 0.1) is 13.2 Å². The molecule has 1 aliphatic heterocycles. The number of hydrogen-bond donors (Lipinski definition) is 0. The second-order valence-corrected chi connectivity index (χ2v) is 5.19. The highest BCUT2D eigenvalue weighted by Crippen LogP contribution is 2.07. The molecule has 0 aliphatic carbocycles. The highest BCUT2D eigenvalue weighted by molar-refractivity contribution is 5.69. The van der Waals surface area contributed by atoms with E-state index in [1.807, 2.05) is 0 Å². The Bertz CT molecular complexity index is 227. The molecule has 4 heteroatoms. The van der Waals surface area contributed by atoms with Gasteiger partial charge in [-0.25, -0.2) is 0 Å². The Kier molecular flexibility index (Phi) is 9.72. The molecule has 0 aromatic carbocycles. The van der Waals surface area contributed by atoms with Gasteiger partial charge in [0.15, 0.2) is 0 Å². The lowest BCUT2D eigenvalue weighted by Gasteiger charge is -2.26. The summed E-state index contributed by atoms with van der Waals surface area (Å²) >= 11 is 0. The minimum absolute atomic E-state index is 0.0382. The summed E-state index contributed by atoms with van der Waals surface area (Å²) in [6, 6.07) is 0. The number of esters is 1. The maximum absolute atomic E-state index is 11.5. The number of unbranched alkanes of at least 4 members (excludes halogenated alkanes) is 5. The quantitative estimate of drug-likeness (QED) is 0.452. The van der Waals surface area contributed by atoms with Crippen LogP contribution in [0.2, 0.25) is 0 Å². The fourth-order valence-corrected chi connectivity index (χ4v) is 2.24. The lowest BCUT2D eigenvalue weighted by atomic mass is 10.1. The number of hydrogen-bond acceptors (Lipinski definition) is 4. The van der Waals surface area contributed by atoms with Gasteiger partial charge in [-0.3, -0.25) is 9.69 Å². The molecular weight excluding hydrogens is 242 g/mol. The lowest BCUT2D eigenvalue weighted by molar-refractivity contribution is -0.144. The first-order chi connectivity index (χ1) is 9.33. The van der Waals surface area contributed by atoms with Crippen LogP contribution >= 0.6 is 0 Å². The van der Waals surface area contributed by atoms with Crippen molar-refractivity contribution < 1.29 is 14.3 Å². The van der Waals surface area contributed by atoms with Crippen LogP contribution in [-0.2, 0) is 14.3 Å². The van der Waals surface area contributed by atoms with Crippen LogP contribution < -0.4 is 0 Å². The third-order valence-corrected chi connectivity index (χ3v) is 3.51. The van der Waals surface area contributed by atoms with Crippen LogP contribution in [0.5, 0.6) is 0 Å².